The van der Waals surface area contributed by atoms with Gasteiger partial charge in [0.05, 0.1) is 13.7 Å². The number of ether oxygens (including phenoxy) is 3. The van der Waals surface area contributed by atoms with E-state index in [2.05, 4.69) is 6.58 Å². The molecule has 1 aliphatic heterocycles. The molecule has 0 bridgehead atoms. The largest absolute Gasteiger partial charge is 0.497 e. The minimum Gasteiger partial charge on any atom is -0.497 e. The summed E-state index contributed by atoms with van der Waals surface area (Å²) in [7, 11) is 1.61. The summed E-state index contributed by atoms with van der Waals surface area (Å²) < 4.78 is 16.4. The van der Waals surface area contributed by atoms with Crippen molar-refractivity contribution in [3.63, 3.8) is 0 Å². The first-order chi connectivity index (χ1) is 10.3. The summed E-state index contributed by atoms with van der Waals surface area (Å²) in [6.45, 7) is 10.6. The van der Waals surface area contributed by atoms with Gasteiger partial charge in [-0.1, -0.05) is 12.7 Å². The van der Waals surface area contributed by atoms with E-state index in [-0.39, 0.29) is 6.09 Å². The maximum absolute atomic E-state index is 12.2. The van der Waals surface area contributed by atoms with Crippen molar-refractivity contribution in [2.75, 3.05) is 13.7 Å². The highest BCUT2D eigenvalue weighted by atomic mass is 16.6. The number of benzene rings is 1. The summed E-state index contributed by atoms with van der Waals surface area (Å²) in [5.41, 5.74) is 1.50. The van der Waals surface area contributed by atoms with E-state index < -0.39 is 5.60 Å². The number of carbonyl (C=O) groups excluding carboxylic acids is 1. The lowest BCUT2D eigenvalue weighted by atomic mass is 10.1. The normalized spacial score (nSPS) is 13.5. The molecule has 1 aromatic carbocycles. The Labute approximate surface area is 131 Å². The van der Waals surface area contributed by atoms with Gasteiger partial charge in [0.1, 0.15) is 23.7 Å². The van der Waals surface area contributed by atoms with Crippen molar-refractivity contribution in [3.05, 3.63) is 35.9 Å². The molecule has 1 aromatic rings. The van der Waals surface area contributed by atoms with E-state index in [0.29, 0.717) is 25.4 Å². The van der Waals surface area contributed by atoms with Crippen LogP contribution in [-0.4, -0.2) is 30.3 Å². The maximum Gasteiger partial charge on any atom is 0.410 e. The van der Waals surface area contributed by atoms with Crippen LogP contribution in [-0.2, 0) is 17.8 Å². The molecule has 2 rings (SSSR count). The summed E-state index contributed by atoms with van der Waals surface area (Å²) in [6.07, 6.45) is 1.37. The van der Waals surface area contributed by atoms with Crippen LogP contribution in [0.4, 0.5) is 4.79 Å². The van der Waals surface area contributed by atoms with Gasteiger partial charge in [-0.25, -0.2) is 4.79 Å². The quantitative estimate of drug-likeness (QED) is 0.799. The summed E-state index contributed by atoms with van der Waals surface area (Å²) >= 11 is 0. The van der Waals surface area contributed by atoms with Gasteiger partial charge < -0.3 is 14.2 Å². The number of carbonyl (C=O) groups is 1. The number of nitrogens with zero attached hydrogens (tertiary/aromatic N) is 1. The lowest BCUT2D eigenvalue weighted by Gasteiger charge is -2.24. The topological polar surface area (TPSA) is 48.0 Å². The maximum atomic E-state index is 12.2. The fraction of sp³-hybridized carbons (Fsp3) is 0.471. The van der Waals surface area contributed by atoms with Crippen LogP contribution in [0.2, 0.25) is 0 Å². The predicted molar refractivity (Wildman–Crippen MR) is 84.2 cm³/mol. The first-order valence-corrected chi connectivity index (χ1v) is 7.25. The number of hydrogen-bond acceptors (Lipinski definition) is 4. The molecule has 1 heterocycles. The van der Waals surface area contributed by atoms with Crippen molar-refractivity contribution in [2.45, 2.75) is 39.5 Å². The van der Waals surface area contributed by atoms with E-state index >= 15 is 0 Å². The predicted octanol–water partition coefficient (Wildman–Crippen LogP) is 3.51. The van der Waals surface area contributed by atoms with E-state index in [4.69, 9.17) is 14.2 Å². The molecule has 1 aliphatic rings. The molecule has 0 N–H and O–H groups in total. The van der Waals surface area contributed by atoms with E-state index in [1.165, 1.54) is 0 Å². The number of amides is 1. The Balaban J connectivity index is 2.21. The first kappa shape index (κ1) is 16.2. The molecule has 0 saturated carbocycles. The molecule has 120 valence electrons. The zero-order valence-electron chi connectivity index (χ0n) is 13.6. The van der Waals surface area contributed by atoms with Crippen LogP contribution in [0.1, 0.15) is 31.9 Å². The Hall–Kier alpha value is -2.17. The molecule has 5 heteroatoms. The summed E-state index contributed by atoms with van der Waals surface area (Å²) in [5.74, 6) is 1.43. The van der Waals surface area contributed by atoms with Crippen molar-refractivity contribution in [1.82, 2.24) is 4.90 Å². The second-order valence-corrected chi connectivity index (χ2v) is 6.20. The Morgan fingerprint density at radius 1 is 1.36 bits per heavy atom. The van der Waals surface area contributed by atoms with Gasteiger partial charge in [0.25, 0.3) is 0 Å². The highest BCUT2D eigenvalue weighted by molar-refractivity contribution is 5.70. The van der Waals surface area contributed by atoms with Crippen LogP contribution in [0.3, 0.4) is 0 Å². The zero-order chi connectivity index (χ0) is 16.3. The molecule has 1 amide bonds. The van der Waals surface area contributed by atoms with Gasteiger partial charge in [0.15, 0.2) is 0 Å². The molecule has 0 saturated heterocycles. The molecule has 5 nitrogen and oxygen atoms in total. The third-order valence-corrected chi connectivity index (χ3v) is 3.23. The fourth-order valence-electron chi connectivity index (χ4n) is 2.30. The van der Waals surface area contributed by atoms with Gasteiger partial charge in [0.2, 0.25) is 0 Å². The smallest absolute Gasteiger partial charge is 0.410 e. The summed E-state index contributed by atoms with van der Waals surface area (Å²) in [4.78, 5) is 13.9. The number of hydrogen-bond donors (Lipinski definition) is 0. The van der Waals surface area contributed by atoms with Crippen LogP contribution in [0.25, 0.3) is 0 Å². The number of methoxy groups -OCH3 is 1. The second-order valence-electron chi connectivity index (χ2n) is 6.20. The highest BCUT2D eigenvalue weighted by Crippen LogP contribution is 2.35. The van der Waals surface area contributed by atoms with E-state index in [1.54, 1.807) is 18.1 Å². The molecule has 0 spiro atoms. The third-order valence-electron chi connectivity index (χ3n) is 3.23. The zero-order valence-corrected chi connectivity index (χ0v) is 13.6. The molecule has 0 unspecified atom stereocenters. The first-order valence-electron chi connectivity index (χ1n) is 7.25. The Kier molecular flexibility index (Phi) is 4.64. The average Bonchev–Trinajstić information content (AvgIpc) is 2.86. The van der Waals surface area contributed by atoms with Gasteiger partial charge in [-0.15, -0.1) is 0 Å². The standard InChI is InChI=1S/C17H23NO4/c1-6-7-21-15-9-13(20-5)8-12-10-18(11-14(12)15)16(19)22-17(2,3)4/h6,8-9H,1,7,10-11H2,2-5H3. The minimum atomic E-state index is -0.508. The van der Waals surface area contributed by atoms with E-state index in [9.17, 15) is 4.79 Å². The molecular weight excluding hydrogens is 282 g/mol. The van der Waals surface area contributed by atoms with Crippen molar-refractivity contribution in [1.29, 1.82) is 0 Å². The fourth-order valence-corrected chi connectivity index (χ4v) is 2.30. The van der Waals surface area contributed by atoms with Crippen LogP contribution < -0.4 is 9.47 Å². The number of fused-ring (bicyclic) bond motifs is 1. The number of rotatable bonds is 4. The Bertz CT molecular complexity index is 575. The van der Waals surface area contributed by atoms with E-state index in [0.717, 1.165) is 16.9 Å². The van der Waals surface area contributed by atoms with Gasteiger partial charge in [-0.2, -0.15) is 0 Å². The molecule has 0 atom stereocenters. The van der Waals surface area contributed by atoms with Crippen molar-refractivity contribution < 1.29 is 19.0 Å². The van der Waals surface area contributed by atoms with Crippen LogP contribution in [0, 0.1) is 0 Å². The molecule has 0 fully saturated rings. The lowest BCUT2D eigenvalue weighted by molar-refractivity contribution is 0.0241. The third kappa shape index (κ3) is 3.72. The minimum absolute atomic E-state index is 0.322. The average molecular weight is 305 g/mol. The Morgan fingerprint density at radius 3 is 2.68 bits per heavy atom. The Morgan fingerprint density at radius 2 is 2.09 bits per heavy atom. The van der Waals surface area contributed by atoms with Gasteiger partial charge in [-0.05, 0) is 32.4 Å². The van der Waals surface area contributed by atoms with Gasteiger partial charge in [0, 0.05) is 18.2 Å². The molecule has 0 aliphatic carbocycles. The highest BCUT2D eigenvalue weighted by Gasteiger charge is 2.30. The molecular formula is C17H23NO4. The van der Waals surface area contributed by atoms with Crippen LogP contribution in [0.15, 0.2) is 24.8 Å². The summed E-state index contributed by atoms with van der Waals surface area (Å²) in [6, 6.07) is 3.77. The van der Waals surface area contributed by atoms with Gasteiger partial charge >= 0.3 is 6.09 Å². The van der Waals surface area contributed by atoms with Gasteiger partial charge in [-0.3, -0.25) is 4.90 Å². The van der Waals surface area contributed by atoms with E-state index in [1.807, 2.05) is 32.9 Å². The monoisotopic (exact) mass is 305 g/mol. The molecule has 0 radical (unpaired) electrons. The SMILES string of the molecule is C=CCOc1cc(OC)cc2c1CN(C(=O)OC(C)(C)C)C2. The summed E-state index contributed by atoms with van der Waals surface area (Å²) in [5, 5.41) is 0. The van der Waals surface area contributed by atoms with Crippen LogP contribution >= 0.6 is 0 Å². The molecule has 22 heavy (non-hydrogen) atoms. The van der Waals surface area contributed by atoms with Crippen molar-refractivity contribution >= 4 is 6.09 Å². The van der Waals surface area contributed by atoms with Crippen molar-refractivity contribution in [2.24, 2.45) is 0 Å². The van der Waals surface area contributed by atoms with Crippen molar-refractivity contribution in [3.8, 4) is 11.5 Å². The second kappa shape index (κ2) is 6.30. The van der Waals surface area contributed by atoms with Crippen LogP contribution in [0.5, 0.6) is 11.5 Å². The molecule has 0 aromatic heterocycles. The lowest BCUT2D eigenvalue weighted by Crippen LogP contribution is -2.33.